The van der Waals surface area contributed by atoms with Gasteiger partial charge in [-0.3, -0.25) is 33.6 Å². The molecule has 1 aliphatic rings. The summed E-state index contributed by atoms with van der Waals surface area (Å²) in [5.41, 5.74) is 0.353. The highest BCUT2D eigenvalue weighted by molar-refractivity contribution is 7.59. The molecule has 4 amide bonds. The normalized spacial score (nSPS) is 16.7. The molecule has 2 heterocycles. The van der Waals surface area contributed by atoms with Crippen molar-refractivity contribution in [2.24, 2.45) is 17.8 Å². The standard InChI is InChI=1S/C24H37N4O6P/c1-7-34-35(33,14-28-23(31)18-8-9-26-12-19(18)24(28)32)13-17(10-15(2)3)21(29)27-20(11-16(4)5)22(30)25-6/h8-9,12,15-17,20H,7,10-11,13-14H2,1-6H3,(H,25,30)(H,27,29)/t17-,20+,35?/m1/s1. The summed E-state index contributed by atoms with van der Waals surface area (Å²) in [4.78, 5) is 56.1. The van der Waals surface area contributed by atoms with Gasteiger partial charge in [-0.05, 0) is 37.7 Å². The molecule has 10 nitrogen and oxygen atoms in total. The van der Waals surface area contributed by atoms with E-state index in [0.29, 0.717) is 12.8 Å². The van der Waals surface area contributed by atoms with Gasteiger partial charge in [-0.1, -0.05) is 27.7 Å². The molecule has 0 aromatic carbocycles. The predicted octanol–water partition coefficient (Wildman–Crippen LogP) is 2.89. The number of nitrogens with one attached hydrogen (secondary N) is 2. The van der Waals surface area contributed by atoms with Gasteiger partial charge in [0.1, 0.15) is 12.3 Å². The molecule has 0 saturated carbocycles. The van der Waals surface area contributed by atoms with Crippen LogP contribution < -0.4 is 10.6 Å². The van der Waals surface area contributed by atoms with Crippen molar-refractivity contribution in [1.29, 1.82) is 0 Å². The Hall–Kier alpha value is -2.58. The van der Waals surface area contributed by atoms with E-state index in [9.17, 15) is 23.7 Å². The minimum atomic E-state index is -3.64. The number of fused-ring (bicyclic) bond motifs is 1. The smallest absolute Gasteiger partial charge is 0.263 e. The number of pyridine rings is 1. The summed E-state index contributed by atoms with van der Waals surface area (Å²) in [6.45, 7) is 9.54. The molecular formula is C24H37N4O6P. The van der Waals surface area contributed by atoms with Gasteiger partial charge in [0.25, 0.3) is 11.8 Å². The zero-order valence-electron chi connectivity index (χ0n) is 21.4. The molecule has 0 spiro atoms. The monoisotopic (exact) mass is 508 g/mol. The summed E-state index contributed by atoms with van der Waals surface area (Å²) in [5, 5.41) is 5.38. The maximum Gasteiger partial charge on any atom is 0.263 e. The maximum atomic E-state index is 13.9. The molecule has 194 valence electrons. The Balaban J connectivity index is 2.27. The van der Waals surface area contributed by atoms with Crippen LogP contribution in [0.4, 0.5) is 0 Å². The van der Waals surface area contributed by atoms with E-state index < -0.39 is 43.3 Å². The molecule has 1 unspecified atom stereocenters. The first-order valence-electron chi connectivity index (χ1n) is 12.0. The zero-order chi connectivity index (χ0) is 26.3. The van der Waals surface area contributed by atoms with Gasteiger partial charge in [0, 0.05) is 31.5 Å². The summed E-state index contributed by atoms with van der Waals surface area (Å²) in [6, 6.07) is 0.724. The minimum Gasteiger partial charge on any atom is -0.357 e. The number of aromatic nitrogens is 1. The van der Waals surface area contributed by atoms with Crippen LogP contribution in [0.3, 0.4) is 0 Å². The van der Waals surface area contributed by atoms with Crippen LogP contribution in [0.2, 0.25) is 0 Å². The number of amides is 4. The summed E-state index contributed by atoms with van der Waals surface area (Å²) < 4.78 is 19.5. The van der Waals surface area contributed by atoms with Crippen molar-refractivity contribution in [2.45, 2.75) is 53.5 Å². The lowest BCUT2D eigenvalue weighted by atomic mass is 9.96. The number of carbonyl (C=O) groups excluding carboxylic acids is 4. The first-order chi connectivity index (χ1) is 16.4. The Morgan fingerprint density at radius 1 is 1.06 bits per heavy atom. The van der Waals surface area contributed by atoms with Crippen LogP contribution in [0.25, 0.3) is 0 Å². The van der Waals surface area contributed by atoms with Gasteiger partial charge in [0.2, 0.25) is 19.2 Å². The number of carbonyl (C=O) groups is 4. The Labute approximate surface area is 207 Å². The van der Waals surface area contributed by atoms with Crippen LogP contribution in [0, 0.1) is 17.8 Å². The highest BCUT2D eigenvalue weighted by Crippen LogP contribution is 2.51. The molecule has 2 N–H and O–H groups in total. The molecule has 0 bridgehead atoms. The van der Waals surface area contributed by atoms with E-state index in [2.05, 4.69) is 15.6 Å². The van der Waals surface area contributed by atoms with Gasteiger partial charge in [-0.15, -0.1) is 0 Å². The molecule has 3 atom stereocenters. The topological polar surface area (TPSA) is 135 Å². The number of likely N-dealkylation sites (N-methyl/N-ethyl adjacent to an activating group) is 1. The van der Waals surface area contributed by atoms with Gasteiger partial charge in [-0.25, -0.2) is 0 Å². The summed E-state index contributed by atoms with van der Waals surface area (Å²) in [5.74, 6) is -2.33. The van der Waals surface area contributed by atoms with Crippen LogP contribution >= 0.6 is 7.37 Å². The second-order valence-corrected chi connectivity index (χ2v) is 12.2. The largest absolute Gasteiger partial charge is 0.357 e. The average Bonchev–Trinajstić information content (AvgIpc) is 3.02. The van der Waals surface area contributed by atoms with Crippen LogP contribution in [-0.4, -0.2) is 65.7 Å². The molecule has 11 heteroatoms. The quantitative estimate of drug-likeness (QED) is 0.309. The van der Waals surface area contributed by atoms with Crippen LogP contribution in [-0.2, 0) is 18.7 Å². The molecule has 0 aliphatic carbocycles. The molecule has 35 heavy (non-hydrogen) atoms. The van der Waals surface area contributed by atoms with E-state index in [-0.39, 0.29) is 41.6 Å². The molecule has 1 aliphatic heterocycles. The van der Waals surface area contributed by atoms with Crippen molar-refractivity contribution in [3.05, 3.63) is 29.6 Å². The van der Waals surface area contributed by atoms with Crippen molar-refractivity contribution in [3.63, 3.8) is 0 Å². The van der Waals surface area contributed by atoms with Gasteiger partial charge >= 0.3 is 0 Å². The lowest BCUT2D eigenvalue weighted by Crippen LogP contribution is -2.49. The Kier molecular flexibility index (Phi) is 10.2. The van der Waals surface area contributed by atoms with E-state index in [4.69, 9.17) is 4.52 Å². The number of nitrogens with zero attached hydrogens (tertiary/aromatic N) is 2. The Morgan fingerprint density at radius 3 is 2.23 bits per heavy atom. The first kappa shape index (κ1) is 28.7. The fourth-order valence-electron chi connectivity index (χ4n) is 4.20. The fraction of sp³-hybridized carbons (Fsp3) is 0.625. The number of imide groups is 1. The van der Waals surface area contributed by atoms with E-state index >= 15 is 0 Å². The van der Waals surface area contributed by atoms with Gasteiger partial charge < -0.3 is 15.2 Å². The van der Waals surface area contributed by atoms with Crippen molar-refractivity contribution < 1.29 is 28.3 Å². The molecule has 0 saturated heterocycles. The summed E-state index contributed by atoms with van der Waals surface area (Å²) >= 11 is 0. The predicted molar refractivity (Wildman–Crippen MR) is 132 cm³/mol. The second kappa shape index (κ2) is 12.4. The van der Waals surface area contributed by atoms with Crippen LogP contribution in [0.15, 0.2) is 18.5 Å². The van der Waals surface area contributed by atoms with E-state index in [1.165, 1.54) is 25.5 Å². The van der Waals surface area contributed by atoms with Crippen molar-refractivity contribution >= 4 is 31.0 Å². The number of rotatable bonds is 13. The van der Waals surface area contributed by atoms with E-state index in [0.717, 1.165) is 4.90 Å². The van der Waals surface area contributed by atoms with Crippen LogP contribution in [0.1, 0.15) is 68.2 Å². The lowest BCUT2D eigenvalue weighted by Gasteiger charge is -2.28. The average molecular weight is 509 g/mol. The third-order valence-corrected chi connectivity index (χ3v) is 8.14. The summed E-state index contributed by atoms with van der Waals surface area (Å²) in [6.07, 6.45) is 2.99. The number of hydrogen-bond acceptors (Lipinski definition) is 7. The first-order valence-corrected chi connectivity index (χ1v) is 14.0. The van der Waals surface area contributed by atoms with Crippen molar-refractivity contribution in [3.8, 4) is 0 Å². The molecular weight excluding hydrogens is 471 g/mol. The van der Waals surface area contributed by atoms with Crippen molar-refractivity contribution in [2.75, 3.05) is 26.1 Å². The summed E-state index contributed by atoms with van der Waals surface area (Å²) in [7, 11) is -2.13. The van der Waals surface area contributed by atoms with Crippen molar-refractivity contribution in [1.82, 2.24) is 20.5 Å². The Morgan fingerprint density at radius 2 is 1.69 bits per heavy atom. The van der Waals surface area contributed by atoms with Crippen LogP contribution in [0.5, 0.6) is 0 Å². The fourth-order valence-corrected chi connectivity index (χ4v) is 6.65. The molecule has 2 rings (SSSR count). The Bertz CT molecular complexity index is 961. The third kappa shape index (κ3) is 7.45. The van der Waals surface area contributed by atoms with Gasteiger partial charge in [-0.2, -0.15) is 0 Å². The highest BCUT2D eigenvalue weighted by Gasteiger charge is 2.42. The number of hydrogen-bond donors (Lipinski definition) is 2. The van der Waals surface area contributed by atoms with Gasteiger partial charge in [0.15, 0.2) is 0 Å². The second-order valence-electron chi connectivity index (χ2n) is 9.65. The van der Waals surface area contributed by atoms with E-state index in [1.807, 2.05) is 27.7 Å². The zero-order valence-corrected chi connectivity index (χ0v) is 22.3. The minimum absolute atomic E-state index is 0.0895. The third-order valence-electron chi connectivity index (χ3n) is 5.71. The lowest BCUT2D eigenvalue weighted by molar-refractivity contribution is -0.131. The molecule has 1 aromatic heterocycles. The highest BCUT2D eigenvalue weighted by atomic mass is 31.2. The SMILES string of the molecule is CCOP(=O)(C[C@@H](CC(C)C)C(=O)N[C@@H](CC(C)C)C(=O)NC)CN1C(=O)c2ccncc2C1=O. The maximum absolute atomic E-state index is 13.9. The van der Waals surface area contributed by atoms with E-state index in [1.54, 1.807) is 6.92 Å². The molecule has 0 fully saturated rings. The molecule has 0 radical (unpaired) electrons. The molecule has 1 aromatic rings. The van der Waals surface area contributed by atoms with Gasteiger partial charge in [0.05, 0.1) is 17.7 Å².